The molecular formula is C18H25NO3. The lowest BCUT2D eigenvalue weighted by Crippen LogP contribution is -2.42. The number of aryl methyl sites for hydroxylation is 1. The van der Waals surface area contributed by atoms with Gasteiger partial charge in [-0.3, -0.25) is 9.59 Å². The van der Waals surface area contributed by atoms with Gasteiger partial charge < -0.3 is 10.0 Å². The molecular weight excluding hydrogens is 278 g/mol. The van der Waals surface area contributed by atoms with Gasteiger partial charge in [0.25, 0.3) is 0 Å². The van der Waals surface area contributed by atoms with E-state index in [4.69, 9.17) is 5.11 Å². The van der Waals surface area contributed by atoms with Crippen molar-refractivity contribution in [3.8, 4) is 0 Å². The Hall–Kier alpha value is -1.84. The molecule has 1 aliphatic carbocycles. The van der Waals surface area contributed by atoms with Crippen LogP contribution in [0.5, 0.6) is 0 Å². The van der Waals surface area contributed by atoms with Crippen molar-refractivity contribution in [3.63, 3.8) is 0 Å². The minimum Gasteiger partial charge on any atom is -0.481 e. The van der Waals surface area contributed by atoms with Gasteiger partial charge in [-0.25, -0.2) is 0 Å². The Labute approximate surface area is 132 Å². The van der Waals surface area contributed by atoms with Crippen LogP contribution in [0.15, 0.2) is 30.3 Å². The van der Waals surface area contributed by atoms with Gasteiger partial charge in [0.15, 0.2) is 0 Å². The number of rotatable bonds is 7. The van der Waals surface area contributed by atoms with E-state index in [1.165, 1.54) is 6.42 Å². The second-order valence-electron chi connectivity index (χ2n) is 6.01. The summed E-state index contributed by atoms with van der Waals surface area (Å²) in [5.41, 5.74) is 1.15. The molecule has 22 heavy (non-hydrogen) atoms. The van der Waals surface area contributed by atoms with Crippen molar-refractivity contribution in [2.45, 2.75) is 57.4 Å². The third-order valence-electron chi connectivity index (χ3n) is 4.37. The molecule has 1 saturated carbocycles. The fourth-order valence-electron chi connectivity index (χ4n) is 3.16. The summed E-state index contributed by atoms with van der Waals surface area (Å²) in [7, 11) is 0. The highest BCUT2D eigenvalue weighted by Gasteiger charge is 2.25. The number of carboxylic acid groups (broad SMARTS) is 1. The molecule has 1 fully saturated rings. The molecule has 120 valence electrons. The summed E-state index contributed by atoms with van der Waals surface area (Å²) in [6.45, 7) is 0.341. The minimum absolute atomic E-state index is 0.0353. The van der Waals surface area contributed by atoms with Crippen LogP contribution in [0.3, 0.4) is 0 Å². The first-order valence-electron chi connectivity index (χ1n) is 8.22. The van der Waals surface area contributed by atoms with Crippen molar-refractivity contribution < 1.29 is 14.7 Å². The largest absolute Gasteiger partial charge is 0.481 e. The van der Waals surface area contributed by atoms with Gasteiger partial charge in [-0.1, -0.05) is 49.6 Å². The quantitative estimate of drug-likeness (QED) is 0.841. The number of aliphatic carboxylic acids is 1. The topological polar surface area (TPSA) is 57.6 Å². The van der Waals surface area contributed by atoms with E-state index in [1.54, 1.807) is 0 Å². The molecule has 0 bridgehead atoms. The Balaban J connectivity index is 1.93. The summed E-state index contributed by atoms with van der Waals surface area (Å²) >= 11 is 0. The number of hydrogen-bond donors (Lipinski definition) is 1. The van der Waals surface area contributed by atoms with Gasteiger partial charge >= 0.3 is 5.97 Å². The Morgan fingerprint density at radius 3 is 2.36 bits per heavy atom. The van der Waals surface area contributed by atoms with Crippen molar-refractivity contribution in [3.05, 3.63) is 35.9 Å². The first-order chi connectivity index (χ1) is 10.7. The van der Waals surface area contributed by atoms with Crippen LogP contribution in [-0.4, -0.2) is 34.5 Å². The van der Waals surface area contributed by atoms with Crippen LogP contribution in [0.4, 0.5) is 0 Å². The standard InChI is InChI=1S/C18H25NO3/c20-17(12-11-15-7-3-1-4-8-15)19(14-13-18(21)22)16-9-5-2-6-10-16/h1,3-4,7-8,16H,2,5-6,9-14H2,(H,21,22). The maximum Gasteiger partial charge on any atom is 0.305 e. The van der Waals surface area contributed by atoms with Crippen LogP contribution in [0.2, 0.25) is 0 Å². The molecule has 1 amide bonds. The second kappa shape index (κ2) is 8.57. The Bertz CT molecular complexity index is 480. The number of amides is 1. The van der Waals surface area contributed by atoms with Gasteiger partial charge in [0.05, 0.1) is 6.42 Å². The zero-order chi connectivity index (χ0) is 15.8. The molecule has 1 aliphatic rings. The third kappa shape index (κ3) is 5.17. The predicted octanol–water partition coefficient (Wildman–Crippen LogP) is 3.26. The third-order valence-corrected chi connectivity index (χ3v) is 4.37. The number of hydrogen-bond acceptors (Lipinski definition) is 2. The van der Waals surface area contributed by atoms with E-state index >= 15 is 0 Å². The monoisotopic (exact) mass is 303 g/mol. The highest BCUT2D eigenvalue weighted by molar-refractivity contribution is 5.77. The summed E-state index contributed by atoms with van der Waals surface area (Å²) in [5.74, 6) is -0.742. The van der Waals surface area contributed by atoms with Crippen molar-refractivity contribution in [1.82, 2.24) is 4.90 Å². The number of nitrogens with zero attached hydrogens (tertiary/aromatic N) is 1. The summed E-state index contributed by atoms with van der Waals surface area (Å²) in [5, 5.41) is 8.91. The molecule has 4 heteroatoms. The molecule has 0 aromatic heterocycles. The first-order valence-corrected chi connectivity index (χ1v) is 8.22. The first kappa shape index (κ1) is 16.5. The van der Waals surface area contributed by atoms with E-state index in [-0.39, 0.29) is 18.4 Å². The van der Waals surface area contributed by atoms with Crippen LogP contribution in [0.25, 0.3) is 0 Å². The van der Waals surface area contributed by atoms with Crippen molar-refractivity contribution in [1.29, 1.82) is 0 Å². The second-order valence-corrected chi connectivity index (χ2v) is 6.01. The molecule has 0 aliphatic heterocycles. The van der Waals surface area contributed by atoms with E-state index in [0.29, 0.717) is 13.0 Å². The number of carbonyl (C=O) groups is 2. The summed E-state index contributed by atoms with van der Waals surface area (Å²) in [4.78, 5) is 25.2. The summed E-state index contributed by atoms with van der Waals surface area (Å²) < 4.78 is 0. The normalized spacial score (nSPS) is 15.5. The predicted molar refractivity (Wildman–Crippen MR) is 85.6 cm³/mol. The Morgan fingerprint density at radius 2 is 1.73 bits per heavy atom. The maximum absolute atomic E-state index is 12.6. The lowest BCUT2D eigenvalue weighted by molar-refractivity contribution is -0.139. The number of carboxylic acids is 1. The lowest BCUT2D eigenvalue weighted by atomic mass is 9.93. The number of carbonyl (C=O) groups excluding carboxylic acids is 1. The van der Waals surface area contributed by atoms with Gasteiger partial charge in [0.1, 0.15) is 0 Å². The van der Waals surface area contributed by atoms with Crippen LogP contribution in [-0.2, 0) is 16.0 Å². The zero-order valence-electron chi connectivity index (χ0n) is 13.0. The SMILES string of the molecule is O=C(O)CCN(C(=O)CCc1ccccc1)C1CCCCC1. The van der Waals surface area contributed by atoms with Crippen molar-refractivity contribution >= 4 is 11.9 Å². The molecule has 2 rings (SSSR count). The van der Waals surface area contributed by atoms with Crippen molar-refractivity contribution in [2.75, 3.05) is 6.54 Å². The summed E-state index contributed by atoms with van der Waals surface area (Å²) in [6.07, 6.45) is 6.74. The van der Waals surface area contributed by atoms with Gasteiger partial charge in [-0.05, 0) is 24.8 Å². The van der Waals surface area contributed by atoms with Crippen LogP contribution in [0, 0.1) is 0 Å². The van der Waals surface area contributed by atoms with E-state index in [9.17, 15) is 9.59 Å². The van der Waals surface area contributed by atoms with Gasteiger partial charge in [-0.2, -0.15) is 0 Å². The fourth-order valence-corrected chi connectivity index (χ4v) is 3.16. The molecule has 0 radical (unpaired) electrons. The number of benzene rings is 1. The van der Waals surface area contributed by atoms with E-state index < -0.39 is 5.97 Å². The molecule has 0 atom stereocenters. The van der Waals surface area contributed by atoms with E-state index in [2.05, 4.69) is 0 Å². The van der Waals surface area contributed by atoms with Crippen LogP contribution < -0.4 is 0 Å². The highest BCUT2D eigenvalue weighted by atomic mass is 16.4. The molecule has 1 aromatic rings. The Morgan fingerprint density at radius 1 is 1.05 bits per heavy atom. The van der Waals surface area contributed by atoms with Crippen molar-refractivity contribution in [2.24, 2.45) is 0 Å². The smallest absolute Gasteiger partial charge is 0.305 e. The Kier molecular flexibility index (Phi) is 6.44. The highest BCUT2D eigenvalue weighted by Crippen LogP contribution is 2.23. The molecule has 0 saturated heterocycles. The average Bonchev–Trinajstić information content (AvgIpc) is 2.55. The average molecular weight is 303 g/mol. The lowest BCUT2D eigenvalue weighted by Gasteiger charge is -2.34. The van der Waals surface area contributed by atoms with Crippen LogP contribution >= 0.6 is 0 Å². The molecule has 0 heterocycles. The molecule has 0 unspecified atom stereocenters. The maximum atomic E-state index is 12.6. The zero-order valence-corrected chi connectivity index (χ0v) is 13.0. The van der Waals surface area contributed by atoms with Gasteiger partial charge in [-0.15, -0.1) is 0 Å². The molecule has 4 nitrogen and oxygen atoms in total. The van der Waals surface area contributed by atoms with Gasteiger partial charge in [0.2, 0.25) is 5.91 Å². The molecule has 0 spiro atoms. The molecule has 1 aromatic carbocycles. The summed E-state index contributed by atoms with van der Waals surface area (Å²) in [6, 6.07) is 10.2. The van der Waals surface area contributed by atoms with Gasteiger partial charge in [0, 0.05) is 19.0 Å². The molecule has 1 N–H and O–H groups in total. The van der Waals surface area contributed by atoms with E-state index in [0.717, 1.165) is 37.7 Å². The van der Waals surface area contributed by atoms with Crippen LogP contribution in [0.1, 0.15) is 50.5 Å². The fraction of sp³-hybridized carbons (Fsp3) is 0.556. The minimum atomic E-state index is -0.836. The van der Waals surface area contributed by atoms with E-state index in [1.807, 2.05) is 35.2 Å².